The topological polar surface area (TPSA) is 93.5 Å². The third-order valence-corrected chi connectivity index (χ3v) is 4.15. The number of ether oxygens (including phenoxy) is 1. The van der Waals surface area contributed by atoms with Gasteiger partial charge in [0.1, 0.15) is 5.76 Å². The largest absolute Gasteiger partial charge is 0.376 e. The molecule has 0 aromatic carbocycles. The van der Waals surface area contributed by atoms with E-state index in [0.717, 1.165) is 0 Å². The molecule has 0 saturated heterocycles. The second-order valence-electron chi connectivity index (χ2n) is 5.41. The smallest absolute Gasteiger partial charge is 0.314 e. The van der Waals surface area contributed by atoms with Crippen molar-refractivity contribution >= 4 is 17.6 Å². The molecule has 3 rings (SSSR count). The van der Waals surface area contributed by atoms with Crippen LogP contribution in [0.1, 0.15) is 25.2 Å². The fourth-order valence-corrected chi connectivity index (χ4v) is 2.43. The van der Waals surface area contributed by atoms with Crippen molar-refractivity contribution in [3.05, 3.63) is 11.3 Å². The zero-order chi connectivity index (χ0) is 14.3. The van der Waals surface area contributed by atoms with Gasteiger partial charge >= 0.3 is 11.8 Å². The molecular formula is C13H17N3O4. The highest BCUT2D eigenvalue weighted by Crippen LogP contribution is 2.37. The summed E-state index contributed by atoms with van der Waals surface area (Å²) in [5, 5.41) is 8.96. The van der Waals surface area contributed by atoms with Crippen LogP contribution in [0.25, 0.3) is 0 Å². The van der Waals surface area contributed by atoms with Gasteiger partial charge in [0.15, 0.2) is 5.82 Å². The van der Waals surface area contributed by atoms with Crippen molar-refractivity contribution in [2.24, 2.45) is 11.8 Å². The van der Waals surface area contributed by atoms with Crippen molar-refractivity contribution in [1.29, 1.82) is 0 Å². The van der Waals surface area contributed by atoms with Gasteiger partial charge in [0.2, 0.25) is 0 Å². The van der Waals surface area contributed by atoms with Crippen molar-refractivity contribution < 1.29 is 18.8 Å². The molecule has 108 valence electrons. The van der Waals surface area contributed by atoms with Gasteiger partial charge in [0.25, 0.3) is 0 Å². The van der Waals surface area contributed by atoms with E-state index in [0.29, 0.717) is 42.8 Å². The van der Waals surface area contributed by atoms with E-state index in [1.54, 1.807) is 0 Å². The third kappa shape index (κ3) is 2.29. The maximum atomic E-state index is 11.8. The molecule has 1 fully saturated rings. The molecule has 0 spiro atoms. The maximum absolute atomic E-state index is 11.8. The average molecular weight is 279 g/mol. The van der Waals surface area contributed by atoms with Gasteiger partial charge in [-0.1, -0.05) is 19.0 Å². The second-order valence-corrected chi connectivity index (χ2v) is 5.41. The number of fused-ring (bicyclic) bond motifs is 1. The Labute approximate surface area is 116 Å². The van der Waals surface area contributed by atoms with Crippen LogP contribution in [0.5, 0.6) is 0 Å². The summed E-state index contributed by atoms with van der Waals surface area (Å²) in [6.45, 7) is 5.00. The first kappa shape index (κ1) is 13.1. The molecule has 1 aliphatic carbocycles. The summed E-state index contributed by atoms with van der Waals surface area (Å²) in [6.07, 6.45) is 0.626. The van der Waals surface area contributed by atoms with Crippen molar-refractivity contribution in [3.8, 4) is 0 Å². The molecule has 0 bridgehead atoms. The first-order valence-corrected chi connectivity index (χ1v) is 6.75. The van der Waals surface area contributed by atoms with Crippen LogP contribution < -0.4 is 10.6 Å². The van der Waals surface area contributed by atoms with Crippen molar-refractivity contribution in [2.45, 2.75) is 32.9 Å². The minimum absolute atomic E-state index is 0.0859. The Balaban J connectivity index is 1.61. The zero-order valence-electron chi connectivity index (χ0n) is 11.4. The summed E-state index contributed by atoms with van der Waals surface area (Å²) < 4.78 is 10.4. The predicted molar refractivity (Wildman–Crippen MR) is 68.8 cm³/mol. The summed E-state index contributed by atoms with van der Waals surface area (Å²) in [4.78, 5) is 23.6. The van der Waals surface area contributed by atoms with Crippen LogP contribution in [-0.4, -0.2) is 29.6 Å². The number of carbonyl (C=O) groups is 2. The molecule has 1 saturated carbocycles. The highest BCUT2D eigenvalue weighted by atomic mass is 16.5. The molecule has 2 N–H and O–H groups in total. The Morgan fingerprint density at radius 3 is 2.70 bits per heavy atom. The van der Waals surface area contributed by atoms with Gasteiger partial charge in [-0.25, -0.2) is 0 Å². The summed E-state index contributed by atoms with van der Waals surface area (Å²) in [5.74, 6) is 0.450. The first-order valence-electron chi connectivity index (χ1n) is 6.75. The number of nitrogens with one attached hydrogen (secondary N) is 2. The van der Waals surface area contributed by atoms with Gasteiger partial charge < -0.3 is 14.6 Å². The fraction of sp³-hybridized carbons (Fsp3) is 0.615. The van der Waals surface area contributed by atoms with E-state index in [2.05, 4.69) is 15.8 Å². The van der Waals surface area contributed by atoms with Gasteiger partial charge in [-0.15, -0.1) is 0 Å². The van der Waals surface area contributed by atoms with Crippen LogP contribution in [0, 0.1) is 11.8 Å². The number of hydrogen-bond donors (Lipinski definition) is 2. The van der Waals surface area contributed by atoms with Crippen LogP contribution in [0.3, 0.4) is 0 Å². The quantitative estimate of drug-likeness (QED) is 0.767. The molecule has 2 heterocycles. The Hall–Kier alpha value is -1.89. The number of carbonyl (C=O) groups excluding carboxylic acids is 2. The fourth-order valence-electron chi connectivity index (χ4n) is 2.43. The second kappa shape index (κ2) is 4.90. The maximum Gasteiger partial charge on any atom is 0.314 e. The molecule has 0 radical (unpaired) electrons. The molecule has 20 heavy (non-hydrogen) atoms. The molecule has 7 heteroatoms. The Kier molecular flexibility index (Phi) is 3.21. The van der Waals surface area contributed by atoms with Gasteiger partial charge in [-0.2, -0.15) is 0 Å². The normalized spacial score (nSPS) is 27.6. The molecular weight excluding hydrogens is 262 g/mol. The lowest BCUT2D eigenvalue weighted by Crippen LogP contribution is -2.38. The number of aromatic nitrogens is 1. The van der Waals surface area contributed by atoms with E-state index >= 15 is 0 Å². The van der Waals surface area contributed by atoms with Gasteiger partial charge in [-0.3, -0.25) is 14.9 Å². The minimum atomic E-state index is -0.724. The third-order valence-electron chi connectivity index (χ3n) is 4.15. The molecule has 1 aromatic heterocycles. The molecule has 3 atom stereocenters. The van der Waals surface area contributed by atoms with Crippen molar-refractivity contribution in [1.82, 2.24) is 10.5 Å². The minimum Gasteiger partial charge on any atom is -0.376 e. The highest BCUT2D eigenvalue weighted by Gasteiger charge is 2.44. The standard InChI is InChI=1S/C13H17N3O4/c1-6-7(2)10(6)14-12(17)13(18)15-11-8-5-19-4-3-9(8)20-16-11/h6-7,10H,3-5H2,1-2H3,(H,14,17)(H,15,16,18)/t6-,7+,10?. The van der Waals surface area contributed by atoms with Crippen LogP contribution in [0.15, 0.2) is 4.52 Å². The van der Waals surface area contributed by atoms with E-state index in [1.165, 1.54) is 0 Å². The molecule has 1 aliphatic heterocycles. The SMILES string of the molecule is C[C@@H]1C(NC(=O)C(=O)Nc2noc3c2COCC3)[C@@H]1C. The predicted octanol–water partition coefficient (Wildman–Crippen LogP) is 0.456. The molecule has 7 nitrogen and oxygen atoms in total. The lowest BCUT2D eigenvalue weighted by Gasteiger charge is -2.10. The van der Waals surface area contributed by atoms with E-state index in [4.69, 9.17) is 9.26 Å². The van der Waals surface area contributed by atoms with Crippen LogP contribution >= 0.6 is 0 Å². The summed E-state index contributed by atoms with van der Waals surface area (Å²) in [5.41, 5.74) is 0.713. The summed E-state index contributed by atoms with van der Waals surface area (Å²) in [7, 11) is 0. The lowest BCUT2D eigenvalue weighted by molar-refractivity contribution is -0.136. The molecule has 1 unspecified atom stereocenters. The van der Waals surface area contributed by atoms with E-state index in [1.807, 2.05) is 13.8 Å². The molecule has 2 amide bonds. The van der Waals surface area contributed by atoms with E-state index in [-0.39, 0.29) is 11.9 Å². The Bertz CT molecular complexity index is 546. The van der Waals surface area contributed by atoms with E-state index < -0.39 is 11.8 Å². The number of anilines is 1. The van der Waals surface area contributed by atoms with E-state index in [9.17, 15) is 9.59 Å². The van der Waals surface area contributed by atoms with Crippen molar-refractivity contribution in [2.75, 3.05) is 11.9 Å². The molecule has 1 aromatic rings. The number of hydrogen-bond acceptors (Lipinski definition) is 5. The van der Waals surface area contributed by atoms with Gasteiger partial charge in [0.05, 0.1) is 18.8 Å². The van der Waals surface area contributed by atoms with Crippen LogP contribution in [0.2, 0.25) is 0 Å². The monoisotopic (exact) mass is 279 g/mol. The Morgan fingerprint density at radius 2 is 2.00 bits per heavy atom. The number of amides is 2. The lowest BCUT2D eigenvalue weighted by atomic mass is 10.2. The average Bonchev–Trinajstić information content (AvgIpc) is 2.87. The first-order chi connectivity index (χ1) is 9.58. The highest BCUT2D eigenvalue weighted by molar-refractivity contribution is 6.39. The Morgan fingerprint density at radius 1 is 1.25 bits per heavy atom. The van der Waals surface area contributed by atoms with Gasteiger partial charge in [-0.05, 0) is 11.8 Å². The molecule has 2 aliphatic rings. The number of rotatable bonds is 2. The number of nitrogens with zero attached hydrogens (tertiary/aromatic N) is 1. The summed E-state index contributed by atoms with van der Waals surface area (Å²) in [6, 6.07) is 0.0859. The van der Waals surface area contributed by atoms with Gasteiger partial charge in [0, 0.05) is 12.5 Å². The summed E-state index contributed by atoms with van der Waals surface area (Å²) >= 11 is 0. The zero-order valence-corrected chi connectivity index (χ0v) is 11.4. The van der Waals surface area contributed by atoms with Crippen LogP contribution in [0.4, 0.5) is 5.82 Å². The van der Waals surface area contributed by atoms with Crippen molar-refractivity contribution in [3.63, 3.8) is 0 Å². The van der Waals surface area contributed by atoms with Crippen LogP contribution in [-0.2, 0) is 27.4 Å².